The molecule has 0 aromatic heterocycles. The second kappa shape index (κ2) is 9.39. The van der Waals surface area contributed by atoms with Gasteiger partial charge < -0.3 is 15.6 Å². The topological polar surface area (TPSA) is 55.5 Å². The van der Waals surface area contributed by atoms with Crippen LogP contribution in [0.1, 0.15) is 19.4 Å². The van der Waals surface area contributed by atoms with E-state index in [-0.39, 0.29) is 18.3 Å². The normalized spacial score (nSPS) is 11.7. The van der Waals surface area contributed by atoms with Crippen LogP contribution in [0.25, 0.3) is 0 Å². The van der Waals surface area contributed by atoms with E-state index < -0.39 is 0 Å². The third kappa shape index (κ3) is 6.40. The Balaban J connectivity index is 0.00000289. The molecule has 5 heteroatoms. The number of halogens is 1. The molecule has 0 saturated carbocycles. The van der Waals surface area contributed by atoms with Crippen molar-refractivity contribution in [3.63, 3.8) is 0 Å². The van der Waals surface area contributed by atoms with Crippen molar-refractivity contribution in [2.75, 3.05) is 13.2 Å². The van der Waals surface area contributed by atoms with E-state index in [0.29, 0.717) is 18.2 Å². The van der Waals surface area contributed by atoms with Crippen LogP contribution in [-0.4, -0.2) is 23.3 Å². The number of thiol groups is 1. The number of hydrogen-bond donors (Lipinski definition) is 3. The Morgan fingerprint density at radius 3 is 2.44 bits per heavy atom. The van der Waals surface area contributed by atoms with Crippen molar-refractivity contribution >= 4 is 28.8 Å². The van der Waals surface area contributed by atoms with Gasteiger partial charge in [0.2, 0.25) is 0 Å². The average Bonchev–Trinajstić information content (AvgIpc) is 2.34. The molecule has 3 N–H and O–H groups in total. The minimum absolute atomic E-state index is 0. The molecule has 1 rings (SSSR count). The lowest BCUT2D eigenvalue weighted by Crippen LogP contribution is -2.10. The Bertz CT molecular complexity index is 366. The highest BCUT2D eigenvalue weighted by molar-refractivity contribution is 7.97. The molecular formula is C13H22ClNO2S. The third-order valence-corrected chi connectivity index (χ3v) is 3.61. The summed E-state index contributed by atoms with van der Waals surface area (Å²) >= 11 is 0.973. The summed E-state index contributed by atoms with van der Waals surface area (Å²) < 4.78 is 5.39. The largest absolute Gasteiger partial charge is 0.492 e. The van der Waals surface area contributed by atoms with Gasteiger partial charge in [-0.1, -0.05) is 26.0 Å². The van der Waals surface area contributed by atoms with Crippen LogP contribution < -0.4 is 10.5 Å². The summed E-state index contributed by atoms with van der Waals surface area (Å²) in [5.74, 6) is 1.90. The number of nitrogens with two attached hydrogens (primary N) is 1. The fourth-order valence-corrected chi connectivity index (χ4v) is 2.14. The van der Waals surface area contributed by atoms with Gasteiger partial charge in [-0.15, -0.1) is 12.4 Å². The van der Waals surface area contributed by atoms with Crippen molar-refractivity contribution in [3.8, 4) is 5.75 Å². The van der Waals surface area contributed by atoms with Gasteiger partial charge in [0.15, 0.2) is 0 Å². The van der Waals surface area contributed by atoms with Crippen LogP contribution in [-0.2, 0) is 5.75 Å². The number of benzene rings is 1. The van der Waals surface area contributed by atoms with E-state index in [1.807, 2.05) is 38.1 Å². The summed E-state index contributed by atoms with van der Waals surface area (Å²) in [6, 6.07) is 7.92. The van der Waals surface area contributed by atoms with Gasteiger partial charge in [0, 0.05) is 18.2 Å². The van der Waals surface area contributed by atoms with Gasteiger partial charge in [0.1, 0.15) is 12.4 Å². The quantitative estimate of drug-likeness (QED) is 0.558. The first-order chi connectivity index (χ1) is 8.13. The Kier molecular flexibility index (Phi) is 9.10. The molecule has 0 aliphatic rings. The molecule has 0 unspecified atom stereocenters. The van der Waals surface area contributed by atoms with Gasteiger partial charge in [-0.25, -0.2) is 0 Å². The van der Waals surface area contributed by atoms with Gasteiger partial charge >= 0.3 is 0 Å². The average molecular weight is 292 g/mol. The van der Waals surface area contributed by atoms with Crippen LogP contribution in [0.15, 0.2) is 24.3 Å². The Hall–Kier alpha value is -0.550. The summed E-state index contributed by atoms with van der Waals surface area (Å²) in [5.41, 5.74) is 6.55. The van der Waals surface area contributed by atoms with Crippen LogP contribution in [0.5, 0.6) is 5.75 Å². The summed E-state index contributed by atoms with van der Waals surface area (Å²) in [5, 5.41) is 10.2. The van der Waals surface area contributed by atoms with E-state index in [1.165, 1.54) is 5.56 Å². The molecule has 0 bridgehead atoms. The predicted octanol–water partition coefficient (Wildman–Crippen LogP) is 2.76. The zero-order chi connectivity index (χ0) is 12.7. The van der Waals surface area contributed by atoms with Gasteiger partial charge in [0.25, 0.3) is 0 Å². The van der Waals surface area contributed by atoms with Crippen LogP contribution in [0, 0.1) is 5.92 Å². The highest BCUT2D eigenvalue weighted by Crippen LogP contribution is 2.15. The number of hydrogen-bond acceptors (Lipinski definition) is 2. The van der Waals surface area contributed by atoms with Crippen LogP contribution in [0.4, 0.5) is 0 Å². The number of ether oxygens (including phenoxy) is 1. The maximum Gasteiger partial charge on any atom is 0.119 e. The van der Waals surface area contributed by atoms with E-state index in [0.717, 1.165) is 22.9 Å². The molecule has 0 saturated heterocycles. The molecule has 1 aromatic carbocycles. The second-order valence-corrected chi connectivity index (χ2v) is 5.20. The van der Waals surface area contributed by atoms with Gasteiger partial charge in [-0.05, 0) is 17.7 Å². The van der Waals surface area contributed by atoms with E-state index >= 15 is 0 Å². The molecule has 0 atom stereocenters. The Morgan fingerprint density at radius 1 is 1.33 bits per heavy atom. The van der Waals surface area contributed by atoms with Crippen molar-refractivity contribution in [1.82, 2.24) is 0 Å². The van der Waals surface area contributed by atoms with Crippen LogP contribution >= 0.6 is 23.8 Å². The monoisotopic (exact) mass is 291 g/mol. The standard InChI is InChI=1S/C13H21NO2S.ClH/c1-10(2)13(15)17-9-11-3-5-12(6-4-11)16-8-7-14;/h3-6,10,15,17H,7-9,14H2,1-2H3;1H. The fraction of sp³-hybridized carbons (Fsp3) is 0.462. The smallest absolute Gasteiger partial charge is 0.119 e. The lowest BCUT2D eigenvalue weighted by Gasteiger charge is -2.06. The molecule has 0 aliphatic carbocycles. The maximum atomic E-state index is 9.62. The Morgan fingerprint density at radius 2 is 1.94 bits per heavy atom. The molecule has 0 fully saturated rings. The molecule has 1 aromatic rings. The van der Waals surface area contributed by atoms with Crippen molar-refractivity contribution in [1.29, 1.82) is 0 Å². The molecule has 0 spiro atoms. The van der Waals surface area contributed by atoms with E-state index in [4.69, 9.17) is 10.5 Å². The van der Waals surface area contributed by atoms with E-state index in [1.54, 1.807) is 0 Å². The summed E-state index contributed by atoms with van der Waals surface area (Å²) in [7, 11) is 0. The zero-order valence-electron chi connectivity index (χ0n) is 10.8. The molecule has 0 heterocycles. The lowest BCUT2D eigenvalue weighted by atomic mass is 10.2. The first-order valence-corrected chi connectivity index (χ1v) is 6.86. The van der Waals surface area contributed by atoms with Crippen LogP contribution in [0.2, 0.25) is 0 Å². The van der Waals surface area contributed by atoms with Crippen LogP contribution in [0.3, 0.4) is 0 Å². The maximum absolute atomic E-state index is 9.62. The summed E-state index contributed by atoms with van der Waals surface area (Å²) in [4.78, 5) is 0. The lowest BCUT2D eigenvalue weighted by molar-refractivity contribution is 0.328. The minimum atomic E-state index is 0. The van der Waals surface area contributed by atoms with Crippen molar-refractivity contribution < 1.29 is 9.84 Å². The molecule has 0 radical (unpaired) electrons. The molecule has 3 nitrogen and oxygen atoms in total. The van der Waals surface area contributed by atoms with E-state index in [2.05, 4.69) is 0 Å². The third-order valence-electron chi connectivity index (χ3n) is 2.25. The first kappa shape index (κ1) is 17.4. The highest BCUT2D eigenvalue weighted by atomic mass is 35.5. The fourth-order valence-electron chi connectivity index (χ4n) is 1.22. The number of rotatable bonds is 6. The van der Waals surface area contributed by atoms with Gasteiger partial charge in [0.05, 0.1) is 5.05 Å². The first-order valence-electron chi connectivity index (χ1n) is 5.78. The van der Waals surface area contributed by atoms with E-state index in [9.17, 15) is 5.11 Å². The molecule has 18 heavy (non-hydrogen) atoms. The Labute approximate surface area is 119 Å². The van der Waals surface area contributed by atoms with Gasteiger partial charge in [-0.3, -0.25) is 0 Å². The van der Waals surface area contributed by atoms with Crippen molar-refractivity contribution in [3.05, 3.63) is 29.8 Å². The van der Waals surface area contributed by atoms with Crippen molar-refractivity contribution in [2.24, 2.45) is 11.7 Å². The molecular weight excluding hydrogens is 270 g/mol. The SMILES string of the molecule is CC(C)C(O)=[SH]Cc1ccc(OCCN)cc1.Cl. The zero-order valence-corrected chi connectivity index (χ0v) is 12.5. The minimum Gasteiger partial charge on any atom is -0.492 e. The van der Waals surface area contributed by atoms with Crippen molar-refractivity contribution in [2.45, 2.75) is 19.6 Å². The second-order valence-electron chi connectivity index (χ2n) is 4.11. The number of aliphatic hydroxyl groups is 1. The number of aliphatic hydroxyl groups excluding tert-OH is 1. The molecule has 104 valence electrons. The molecule has 0 aliphatic heterocycles. The molecule has 0 amide bonds. The summed E-state index contributed by atoms with van der Waals surface area (Å²) in [6.07, 6.45) is 0. The summed E-state index contributed by atoms with van der Waals surface area (Å²) in [6.45, 7) is 5.05. The predicted molar refractivity (Wildman–Crippen MR) is 83.4 cm³/mol. The van der Waals surface area contributed by atoms with Gasteiger partial charge in [-0.2, -0.15) is 11.4 Å². The highest BCUT2D eigenvalue weighted by Gasteiger charge is 1.98.